The summed E-state index contributed by atoms with van der Waals surface area (Å²) in [5, 5.41) is 10.6. The Balaban J connectivity index is 1.71. The highest BCUT2D eigenvalue weighted by molar-refractivity contribution is 7.99. The molecule has 0 radical (unpaired) electrons. The minimum Gasteiger partial charge on any atom is -0.274 e. The first-order valence-corrected chi connectivity index (χ1v) is 11.1. The highest BCUT2D eigenvalue weighted by atomic mass is 32.2. The van der Waals surface area contributed by atoms with Gasteiger partial charge in [-0.2, -0.15) is 0 Å². The first kappa shape index (κ1) is 19.1. The van der Waals surface area contributed by atoms with E-state index in [0.717, 1.165) is 41.0 Å². The fourth-order valence-corrected chi connectivity index (χ4v) is 5.68. The summed E-state index contributed by atoms with van der Waals surface area (Å²) in [5.74, 6) is 1.10. The van der Waals surface area contributed by atoms with Gasteiger partial charge in [-0.15, -0.1) is 21.5 Å². The number of hydrazine groups is 1. The average Bonchev–Trinajstić information content (AvgIpc) is 3.24. The molecule has 8 nitrogen and oxygen atoms in total. The number of amides is 2. The highest BCUT2D eigenvalue weighted by Gasteiger charge is 2.25. The Labute approximate surface area is 170 Å². The summed E-state index contributed by atoms with van der Waals surface area (Å²) in [5.41, 5.74) is 6.85. The summed E-state index contributed by atoms with van der Waals surface area (Å²) in [7, 11) is 0. The Morgan fingerprint density at radius 3 is 2.89 bits per heavy atom. The van der Waals surface area contributed by atoms with E-state index in [9.17, 15) is 9.59 Å². The van der Waals surface area contributed by atoms with Crippen LogP contribution >= 0.6 is 23.1 Å². The van der Waals surface area contributed by atoms with Crippen LogP contribution in [-0.4, -0.2) is 37.1 Å². The zero-order valence-electron chi connectivity index (χ0n) is 16.0. The monoisotopic (exact) mass is 418 g/mol. The van der Waals surface area contributed by atoms with Crippen molar-refractivity contribution in [2.24, 2.45) is 5.92 Å². The van der Waals surface area contributed by atoms with Gasteiger partial charge in [-0.25, -0.2) is 4.98 Å². The molecule has 4 rings (SSSR count). The molecular formula is C18H22N6O2S2. The normalized spacial score (nSPS) is 16.3. The number of rotatable bonds is 4. The molecule has 0 spiro atoms. The fraction of sp³-hybridized carbons (Fsp3) is 0.500. The van der Waals surface area contributed by atoms with Crippen molar-refractivity contribution in [2.45, 2.75) is 51.6 Å². The molecule has 1 aliphatic carbocycles. The van der Waals surface area contributed by atoms with Gasteiger partial charge in [-0.3, -0.25) is 24.8 Å². The quantitative estimate of drug-likeness (QED) is 0.498. The molecule has 0 bridgehead atoms. The van der Waals surface area contributed by atoms with E-state index in [4.69, 9.17) is 4.98 Å². The van der Waals surface area contributed by atoms with E-state index in [1.165, 1.54) is 35.5 Å². The van der Waals surface area contributed by atoms with Crippen LogP contribution in [0.1, 0.15) is 43.5 Å². The standard InChI is InChI=1S/C18H22N6O2S2/c1-4-13-19-17-15(11-6-5-9(2)7-12(11)28-17)16-22-23-18(24(13)16)27-8-14(26)21-20-10(3)25/h9H,4-8H2,1-3H3,(H,20,25)(H,21,26)/t9-/m0/s1. The number of hydrogen-bond donors (Lipinski definition) is 2. The molecule has 1 atom stereocenters. The third-order valence-corrected chi connectivity index (χ3v) is 6.94. The van der Waals surface area contributed by atoms with Crippen LogP contribution in [0.4, 0.5) is 0 Å². The van der Waals surface area contributed by atoms with Gasteiger partial charge in [0, 0.05) is 18.2 Å². The fourth-order valence-electron chi connectivity index (χ4n) is 3.53. The molecule has 28 heavy (non-hydrogen) atoms. The molecule has 0 saturated carbocycles. The number of hydrogen-bond acceptors (Lipinski definition) is 7. The van der Waals surface area contributed by atoms with Crippen LogP contribution < -0.4 is 10.9 Å². The zero-order chi connectivity index (χ0) is 19.8. The number of aromatic nitrogens is 4. The van der Waals surface area contributed by atoms with Crippen LogP contribution in [-0.2, 0) is 28.9 Å². The number of carbonyl (C=O) groups excluding carboxylic acids is 2. The lowest BCUT2D eigenvalue weighted by Crippen LogP contribution is -2.41. The predicted octanol–water partition coefficient (Wildman–Crippen LogP) is 2.29. The SMILES string of the molecule is CCc1nc2sc3c(c2c2nnc(SCC(=O)NNC(C)=O)n12)CC[C@H](C)C3. The Hall–Kier alpha value is -2.20. The van der Waals surface area contributed by atoms with Gasteiger partial charge >= 0.3 is 0 Å². The number of fused-ring (bicyclic) bond motifs is 5. The van der Waals surface area contributed by atoms with Crippen LogP contribution in [0.25, 0.3) is 15.9 Å². The van der Waals surface area contributed by atoms with Gasteiger partial charge in [-0.05, 0) is 30.7 Å². The second-order valence-corrected chi connectivity index (χ2v) is 9.10. The molecule has 0 fully saturated rings. The van der Waals surface area contributed by atoms with E-state index in [1.54, 1.807) is 11.3 Å². The molecule has 148 valence electrons. The molecular weight excluding hydrogens is 396 g/mol. The zero-order valence-corrected chi connectivity index (χ0v) is 17.7. The van der Waals surface area contributed by atoms with Crippen molar-refractivity contribution in [2.75, 3.05) is 5.75 Å². The van der Waals surface area contributed by atoms with Crippen molar-refractivity contribution in [1.82, 2.24) is 30.4 Å². The van der Waals surface area contributed by atoms with Crippen molar-refractivity contribution in [3.63, 3.8) is 0 Å². The summed E-state index contributed by atoms with van der Waals surface area (Å²) in [4.78, 5) is 30.2. The van der Waals surface area contributed by atoms with Crippen LogP contribution in [0.5, 0.6) is 0 Å². The highest BCUT2D eigenvalue weighted by Crippen LogP contribution is 2.39. The minimum atomic E-state index is -0.317. The van der Waals surface area contributed by atoms with Gasteiger partial charge in [0.15, 0.2) is 10.8 Å². The Bertz CT molecular complexity index is 1070. The van der Waals surface area contributed by atoms with Crippen LogP contribution in [0.15, 0.2) is 5.16 Å². The first-order valence-electron chi connectivity index (χ1n) is 9.34. The molecule has 0 unspecified atom stereocenters. The molecule has 2 amide bonds. The van der Waals surface area contributed by atoms with Crippen molar-refractivity contribution in [1.29, 1.82) is 0 Å². The van der Waals surface area contributed by atoms with Crippen molar-refractivity contribution < 1.29 is 9.59 Å². The molecule has 0 aliphatic heterocycles. The topological polar surface area (TPSA) is 101 Å². The van der Waals surface area contributed by atoms with Crippen molar-refractivity contribution in [3.8, 4) is 0 Å². The molecule has 3 heterocycles. The summed E-state index contributed by atoms with van der Waals surface area (Å²) < 4.78 is 1.98. The maximum absolute atomic E-state index is 11.9. The van der Waals surface area contributed by atoms with E-state index in [1.807, 2.05) is 4.40 Å². The molecule has 3 aromatic rings. The smallest absolute Gasteiger partial charge is 0.248 e. The number of thiophene rings is 1. The van der Waals surface area contributed by atoms with Crippen molar-refractivity contribution in [3.05, 3.63) is 16.3 Å². The third kappa shape index (κ3) is 3.46. The van der Waals surface area contributed by atoms with E-state index in [-0.39, 0.29) is 17.6 Å². The summed E-state index contributed by atoms with van der Waals surface area (Å²) in [6.07, 6.45) is 4.07. The number of nitrogens with zero attached hydrogens (tertiary/aromatic N) is 4. The predicted molar refractivity (Wildman–Crippen MR) is 109 cm³/mol. The lowest BCUT2D eigenvalue weighted by atomic mass is 9.89. The Morgan fingerprint density at radius 1 is 1.32 bits per heavy atom. The van der Waals surface area contributed by atoms with E-state index in [0.29, 0.717) is 11.1 Å². The van der Waals surface area contributed by atoms with E-state index in [2.05, 4.69) is 34.9 Å². The van der Waals surface area contributed by atoms with Gasteiger partial charge < -0.3 is 0 Å². The van der Waals surface area contributed by atoms with E-state index < -0.39 is 0 Å². The van der Waals surface area contributed by atoms with Crippen molar-refractivity contribution >= 4 is 50.8 Å². The third-order valence-electron chi connectivity index (χ3n) is 4.87. The van der Waals surface area contributed by atoms with Gasteiger partial charge in [0.1, 0.15) is 10.7 Å². The molecule has 0 aromatic carbocycles. The summed E-state index contributed by atoms with van der Waals surface area (Å²) >= 11 is 3.07. The largest absolute Gasteiger partial charge is 0.274 e. The molecule has 0 saturated heterocycles. The molecule has 2 N–H and O–H groups in total. The number of aryl methyl sites for hydroxylation is 2. The van der Waals surface area contributed by atoms with Crippen LogP contribution in [0.2, 0.25) is 0 Å². The lowest BCUT2D eigenvalue weighted by Gasteiger charge is -2.17. The number of nitrogens with one attached hydrogen (secondary N) is 2. The number of carbonyl (C=O) groups is 2. The van der Waals surface area contributed by atoms with Crippen LogP contribution in [0.3, 0.4) is 0 Å². The van der Waals surface area contributed by atoms with Gasteiger partial charge in [0.2, 0.25) is 11.8 Å². The minimum absolute atomic E-state index is 0.127. The van der Waals surface area contributed by atoms with Gasteiger partial charge in [0.05, 0.1) is 11.1 Å². The second-order valence-electron chi connectivity index (χ2n) is 7.07. The lowest BCUT2D eigenvalue weighted by molar-refractivity contribution is -0.126. The average molecular weight is 419 g/mol. The molecule has 1 aliphatic rings. The summed E-state index contributed by atoms with van der Waals surface area (Å²) in [6, 6.07) is 0. The number of thioether (sulfide) groups is 1. The van der Waals surface area contributed by atoms with Gasteiger partial charge in [-0.1, -0.05) is 25.6 Å². The maximum atomic E-state index is 11.9. The Morgan fingerprint density at radius 2 is 2.14 bits per heavy atom. The summed E-state index contributed by atoms with van der Waals surface area (Å²) in [6.45, 7) is 5.69. The first-order chi connectivity index (χ1) is 13.5. The molecule has 3 aromatic heterocycles. The Kier molecular flexibility index (Phi) is 5.24. The second kappa shape index (κ2) is 7.67. The van der Waals surface area contributed by atoms with Crippen LogP contribution in [0, 0.1) is 5.92 Å². The molecule has 10 heteroatoms. The van der Waals surface area contributed by atoms with E-state index >= 15 is 0 Å². The van der Waals surface area contributed by atoms with Gasteiger partial charge in [0.25, 0.3) is 0 Å². The maximum Gasteiger partial charge on any atom is 0.248 e.